The van der Waals surface area contributed by atoms with Crippen molar-refractivity contribution in [3.63, 3.8) is 0 Å². The van der Waals surface area contributed by atoms with Crippen molar-refractivity contribution in [1.29, 1.82) is 0 Å². The van der Waals surface area contributed by atoms with Gasteiger partial charge in [0.05, 0.1) is 5.69 Å². The van der Waals surface area contributed by atoms with Gasteiger partial charge in [0.2, 0.25) is 0 Å². The summed E-state index contributed by atoms with van der Waals surface area (Å²) in [5.74, 6) is 0.476. The summed E-state index contributed by atoms with van der Waals surface area (Å²) >= 11 is 0. The molecule has 0 aliphatic heterocycles. The molecule has 0 heterocycles. The number of aromatic hydroxyl groups is 2. The summed E-state index contributed by atoms with van der Waals surface area (Å²) in [5.41, 5.74) is 10.8. The number of nitrogens with zero attached hydrogens (tertiary/aromatic N) is 1. The number of hydrogen-bond acceptors (Lipinski definition) is 3. The molecule has 0 amide bonds. The second-order valence-corrected chi connectivity index (χ2v) is 12.3. The standard InChI is InChI=1S/C46H35NO2/c48-43-26-12-22-38(45(43)34-15-3-1-4-16-34)33-28-30-36(31-29-33)47(42-25-13-27-44(49)46(42)35-17-5-2-6-18-35)41-24-10-9-21-40(41)39-23-11-19-32-14-7-8-20-37(32)39/h1-8,10-20,22-31,48-49H,9,21H2. The van der Waals surface area contributed by atoms with Crippen LogP contribution in [0.2, 0.25) is 0 Å². The Morgan fingerprint density at radius 1 is 0.469 bits per heavy atom. The van der Waals surface area contributed by atoms with Gasteiger partial charge in [0.25, 0.3) is 0 Å². The zero-order valence-corrected chi connectivity index (χ0v) is 27.0. The van der Waals surface area contributed by atoms with Crippen LogP contribution in [0.3, 0.4) is 0 Å². The van der Waals surface area contributed by atoms with Crippen LogP contribution in [0.5, 0.6) is 11.5 Å². The monoisotopic (exact) mass is 633 g/mol. The van der Waals surface area contributed by atoms with E-state index in [9.17, 15) is 10.2 Å². The molecule has 0 unspecified atom stereocenters. The third kappa shape index (κ3) is 5.66. The number of phenols is 2. The fourth-order valence-corrected chi connectivity index (χ4v) is 7.12. The normalized spacial score (nSPS) is 12.7. The van der Waals surface area contributed by atoms with Gasteiger partial charge in [-0.25, -0.2) is 0 Å². The van der Waals surface area contributed by atoms with E-state index in [2.05, 4.69) is 95.9 Å². The molecule has 0 radical (unpaired) electrons. The predicted molar refractivity (Wildman–Crippen MR) is 204 cm³/mol. The number of benzene rings is 7. The van der Waals surface area contributed by atoms with Gasteiger partial charge in [-0.05, 0) is 93.4 Å². The minimum absolute atomic E-state index is 0.227. The van der Waals surface area contributed by atoms with Crippen molar-refractivity contribution in [2.24, 2.45) is 0 Å². The van der Waals surface area contributed by atoms with Crippen molar-refractivity contribution >= 4 is 27.7 Å². The lowest BCUT2D eigenvalue weighted by atomic mass is 9.89. The van der Waals surface area contributed by atoms with E-state index < -0.39 is 0 Å². The van der Waals surface area contributed by atoms with Crippen LogP contribution in [0.4, 0.5) is 11.4 Å². The van der Waals surface area contributed by atoms with Crippen molar-refractivity contribution < 1.29 is 10.2 Å². The zero-order chi connectivity index (χ0) is 33.2. The molecule has 0 atom stereocenters. The Morgan fingerprint density at radius 3 is 1.82 bits per heavy atom. The maximum absolute atomic E-state index is 11.4. The fraction of sp³-hybridized carbons (Fsp3) is 0.0435. The van der Waals surface area contributed by atoms with E-state index in [4.69, 9.17) is 0 Å². The molecule has 0 saturated heterocycles. The number of hydrogen-bond donors (Lipinski definition) is 2. The van der Waals surface area contributed by atoms with Gasteiger partial charge in [0, 0.05) is 22.5 Å². The Kier molecular flexibility index (Phi) is 8.01. The van der Waals surface area contributed by atoms with Gasteiger partial charge in [-0.3, -0.25) is 0 Å². The average molecular weight is 634 g/mol. The van der Waals surface area contributed by atoms with E-state index in [1.807, 2.05) is 72.8 Å². The molecule has 0 spiro atoms. The molecule has 3 heteroatoms. The van der Waals surface area contributed by atoms with Crippen LogP contribution >= 0.6 is 0 Å². The SMILES string of the molecule is Oc1cccc(-c2ccc(N(C3=C(c4cccc5ccccc45)CCC=C3)c3cccc(O)c3-c3ccccc3)cc2)c1-c1ccccc1. The van der Waals surface area contributed by atoms with Crippen molar-refractivity contribution in [2.45, 2.75) is 12.8 Å². The van der Waals surface area contributed by atoms with Gasteiger partial charge in [0.1, 0.15) is 11.5 Å². The van der Waals surface area contributed by atoms with Gasteiger partial charge in [0.15, 0.2) is 0 Å². The highest BCUT2D eigenvalue weighted by atomic mass is 16.3. The van der Waals surface area contributed by atoms with Crippen LogP contribution in [0.1, 0.15) is 18.4 Å². The maximum atomic E-state index is 11.4. The van der Waals surface area contributed by atoms with E-state index in [1.54, 1.807) is 12.1 Å². The lowest BCUT2D eigenvalue weighted by Gasteiger charge is -2.33. The molecule has 3 nitrogen and oxygen atoms in total. The van der Waals surface area contributed by atoms with Gasteiger partial charge in [-0.15, -0.1) is 0 Å². The van der Waals surface area contributed by atoms with E-state index in [1.165, 1.54) is 21.9 Å². The first kappa shape index (κ1) is 30.0. The van der Waals surface area contributed by atoms with Crippen molar-refractivity contribution in [3.05, 3.63) is 187 Å². The summed E-state index contributed by atoms with van der Waals surface area (Å²) in [4.78, 5) is 2.29. The Balaban J connectivity index is 1.35. The Hall–Kier alpha value is -6.32. The lowest BCUT2D eigenvalue weighted by molar-refractivity contribution is 0.477. The van der Waals surface area contributed by atoms with Crippen LogP contribution in [-0.4, -0.2) is 10.2 Å². The van der Waals surface area contributed by atoms with Crippen molar-refractivity contribution in [3.8, 4) is 44.9 Å². The Labute approximate surface area is 287 Å². The van der Waals surface area contributed by atoms with Crippen molar-refractivity contribution in [1.82, 2.24) is 0 Å². The number of phenolic OH excluding ortho intramolecular Hbond substituents is 2. The molecule has 0 aromatic heterocycles. The van der Waals surface area contributed by atoms with Crippen LogP contribution in [0.25, 0.3) is 49.7 Å². The molecule has 1 aliphatic rings. The first-order valence-electron chi connectivity index (χ1n) is 16.7. The van der Waals surface area contributed by atoms with Crippen LogP contribution < -0.4 is 4.90 Å². The second-order valence-electron chi connectivity index (χ2n) is 12.3. The Bertz CT molecular complexity index is 2330. The number of allylic oxidation sites excluding steroid dienone is 3. The number of rotatable bonds is 7. The third-order valence-corrected chi connectivity index (χ3v) is 9.37. The molecule has 49 heavy (non-hydrogen) atoms. The summed E-state index contributed by atoms with van der Waals surface area (Å²) in [7, 11) is 0. The van der Waals surface area contributed by atoms with E-state index >= 15 is 0 Å². The largest absolute Gasteiger partial charge is 0.507 e. The van der Waals surface area contributed by atoms with E-state index in [-0.39, 0.29) is 11.5 Å². The van der Waals surface area contributed by atoms with Crippen molar-refractivity contribution in [2.75, 3.05) is 4.90 Å². The molecule has 7 aromatic rings. The Morgan fingerprint density at radius 2 is 1.06 bits per heavy atom. The van der Waals surface area contributed by atoms with Crippen LogP contribution in [0.15, 0.2) is 182 Å². The minimum Gasteiger partial charge on any atom is -0.507 e. The third-order valence-electron chi connectivity index (χ3n) is 9.37. The predicted octanol–water partition coefficient (Wildman–Crippen LogP) is 12.2. The summed E-state index contributed by atoms with van der Waals surface area (Å²) < 4.78 is 0. The second kappa shape index (κ2) is 13.1. The topological polar surface area (TPSA) is 43.7 Å². The first-order valence-corrected chi connectivity index (χ1v) is 16.7. The molecule has 0 bridgehead atoms. The summed E-state index contributed by atoms with van der Waals surface area (Å²) in [5, 5.41) is 24.9. The minimum atomic E-state index is 0.227. The smallest absolute Gasteiger partial charge is 0.125 e. The lowest BCUT2D eigenvalue weighted by Crippen LogP contribution is -2.19. The molecule has 0 saturated carbocycles. The maximum Gasteiger partial charge on any atom is 0.125 e. The van der Waals surface area contributed by atoms with Gasteiger partial charge >= 0.3 is 0 Å². The molecule has 0 fully saturated rings. The average Bonchev–Trinajstić information content (AvgIpc) is 3.16. The van der Waals surface area contributed by atoms with Crippen LogP contribution in [0, 0.1) is 0 Å². The van der Waals surface area contributed by atoms with E-state index in [0.717, 1.165) is 63.3 Å². The van der Waals surface area contributed by atoms with Crippen LogP contribution in [-0.2, 0) is 0 Å². The summed E-state index contributed by atoms with van der Waals surface area (Å²) in [6.07, 6.45) is 6.31. The molecule has 1 aliphatic carbocycles. The molecule has 2 N–H and O–H groups in total. The quantitative estimate of drug-likeness (QED) is 0.184. The summed E-state index contributed by atoms with van der Waals surface area (Å²) in [6.45, 7) is 0. The molecule has 8 rings (SSSR count). The molecule has 236 valence electrons. The fourth-order valence-electron chi connectivity index (χ4n) is 7.12. The number of fused-ring (bicyclic) bond motifs is 1. The first-order chi connectivity index (χ1) is 24.2. The van der Waals surface area contributed by atoms with E-state index in [0.29, 0.717) is 0 Å². The summed E-state index contributed by atoms with van der Waals surface area (Å²) in [6, 6.07) is 55.2. The number of anilines is 2. The molecular formula is C46H35NO2. The van der Waals surface area contributed by atoms with Gasteiger partial charge in [-0.2, -0.15) is 0 Å². The highest BCUT2D eigenvalue weighted by molar-refractivity contribution is 5.98. The highest BCUT2D eigenvalue weighted by Gasteiger charge is 2.25. The zero-order valence-electron chi connectivity index (χ0n) is 27.0. The van der Waals surface area contributed by atoms with Gasteiger partial charge < -0.3 is 15.1 Å². The molecular weight excluding hydrogens is 599 g/mol. The van der Waals surface area contributed by atoms with Gasteiger partial charge in [-0.1, -0.05) is 140 Å². The highest BCUT2D eigenvalue weighted by Crippen LogP contribution is 2.47. The molecule has 7 aromatic carbocycles.